The van der Waals surface area contributed by atoms with Crippen LogP contribution in [0.1, 0.15) is 32.8 Å². The van der Waals surface area contributed by atoms with Crippen LogP contribution < -0.4 is 4.74 Å². The molecule has 1 heterocycles. The molecule has 0 radical (unpaired) electrons. The molecule has 2 rings (SSSR count). The van der Waals surface area contributed by atoms with E-state index in [1.165, 1.54) is 12.0 Å². The van der Waals surface area contributed by atoms with Gasteiger partial charge in [-0.2, -0.15) is 0 Å². The number of hydrogen-bond acceptors (Lipinski definition) is 4. The molecule has 1 unspecified atom stereocenters. The molecule has 0 aromatic heterocycles. The smallest absolute Gasteiger partial charge is 0.129 e. The van der Waals surface area contributed by atoms with Crippen molar-refractivity contribution in [1.29, 1.82) is 0 Å². The summed E-state index contributed by atoms with van der Waals surface area (Å²) in [4.78, 5) is 0. The monoisotopic (exact) mass is 313 g/mol. The van der Waals surface area contributed by atoms with Gasteiger partial charge in [-0.15, -0.1) is 0 Å². The fourth-order valence-electron chi connectivity index (χ4n) is 1.64. The topological polar surface area (TPSA) is 30.8 Å². The van der Waals surface area contributed by atoms with Gasteiger partial charge in [-0.25, -0.2) is 0 Å². The zero-order valence-electron chi connectivity index (χ0n) is 12.2. The molecule has 1 aromatic rings. The van der Waals surface area contributed by atoms with Crippen LogP contribution in [0.25, 0.3) is 0 Å². The first-order valence-electron chi connectivity index (χ1n) is 6.43. The third-order valence-corrected chi connectivity index (χ3v) is 3.08. The van der Waals surface area contributed by atoms with Crippen molar-refractivity contribution in [3.63, 3.8) is 0 Å². The van der Waals surface area contributed by atoms with Crippen molar-refractivity contribution in [2.45, 2.75) is 33.3 Å². The predicted octanol–water partition coefficient (Wildman–Crippen LogP) is 5.09. The van der Waals surface area contributed by atoms with Gasteiger partial charge in [0.05, 0.1) is 17.8 Å². The number of ether oxygens (including phenoxy) is 1. The molecular weight excluding hydrogens is 294 g/mol. The lowest BCUT2D eigenvalue weighted by Crippen LogP contribution is -2.24. The maximum Gasteiger partial charge on any atom is 0.129 e. The fourth-order valence-corrected chi connectivity index (χ4v) is 1.98. The van der Waals surface area contributed by atoms with E-state index in [2.05, 4.69) is 5.16 Å². The minimum Gasteiger partial charge on any atom is -0.490 e. The normalized spacial score (nSPS) is 19.1. The SMILES string of the molecule is C/C=C\C.CSO/N=C1\CC(C)Oc2ccc(Cl)cc21. The van der Waals surface area contributed by atoms with Crippen LogP contribution in [0.2, 0.25) is 5.02 Å². The summed E-state index contributed by atoms with van der Waals surface area (Å²) in [6.45, 7) is 6.01. The lowest BCUT2D eigenvalue weighted by atomic mass is 10.0. The number of nitrogens with zero attached hydrogens (tertiary/aromatic N) is 1. The second-order valence-electron chi connectivity index (χ2n) is 4.22. The average molecular weight is 314 g/mol. The lowest BCUT2D eigenvalue weighted by molar-refractivity contribution is 0.220. The number of allylic oxidation sites excluding steroid dienone is 2. The van der Waals surface area contributed by atoms with Gasteiger partial charge in [0.1, 0.15) is 11.9 Å². The molecule has 20 heavy (non-hydrogen) atoms. The molecule has 5 heteroatoms. The molecule has 0 aliphatic carbocycles. The summed E-state index contributed by atoms with van der Waals surface area (Å²) < 4.78 is 10.7. The van der Waals surface area contributed by atoms with Crippen molar-refractivity contribution in [2.24, 2.45) is 5.16 Å². The molecule has 110 valence electrons. The molecule has 1 aliphatic heterocycles. The Bertz CT molecular complexity index is 485. The molecule has 0 fully saturated rings. The predicted molar refractivity (Wildman–Crippen MR) is 87.8 cm³/mol. The van der Waals surface area contributed by atoms with Gasteiger partial charge in [0.25, 0.3) is 0 Å². The van der Waals surface area contributed by atoms with Crippen molar-refractivity contribution in [1.82, 2.24) is 0 Å². The second kappa shape index (κ2) is 8.93. The average Bonchev–Trinajstić information content (AvgIpc) is 2.45. The number of halogens is 1. The van der Waals surface area contributed by atoms with E-state index in [-0.39, 0.29) is 6.10 Å². The maximum absolute atomic E-state index is 5.96. The van der Waals surface area contributed by atoms with E-state index in [1.807, 2.05) is 57.4 Å². The molecule has 0 spiro atoms. The van der Waals surface area contributed by atoms with Crippen molar-refractivity contribution >= 4 is 29.4 Å². The molecular formula is C15H20ClNO2S. The van der Waals surface area contributed by atoms with Crippen molar-refractivity contribution < 1.29 is 9.02 Å². The van der Waals surface area contributed by atoms with E-state index in [0.717, 1.165) is 23.4 Å². The van der Waals surface area contributed by atoms with Gasteiger partial charge in [-0.05, 0) is 39.0 Å². The zero-order chi connectivity index (χ0) is 15.0. The summed E-state index contributed by atoms with van der Waals surface area (Å²) in [6.07, 6.45) is 6.66. The summed E-state index contributed by atoms with van der Waals surface area (Å²) in [5.74, 6) is 0.812. The van der Waals surface area contributed by atoms with Crippen LogP contribution in [0.4, 0.5) is 0 Å². The van der Waals surface area contributed by atoms with Crippen molar-refractivity contribution in [3.05, 3.63) is 40.9 Å². The van der Waals surface area contributed by atoms with Crippen LogP contribution >= 0.6 is 23.6 Å². The Hall–Kier alpha value is -1.13. The van der Waals surface area contributed by atoms with Gasteiger partial charge in [0.15, 0.2) is 0 Å². The number of rotatable bonds is 2. The van der Waals surface area contributed by atoms with Gasteiger partial charge in [0, 0.05) is 23.3 Å². The molecule has 0 saturated carbocycles. The largest absolute Gasteiger partial charge is 0.490 e. The molecule has 0 amide bonds. The molecule has 1 atom stereocenters. The Morgan fingerprint density at radius 1 is 1.40 bits per heavy atom. The van der Waals surface area contributed by atoms with Crippen LogP contribution in [0.3, 0.4) is 0 Å². The first kappa shape index (κ1) is 16.9. The third kappa shape index (κ3) is 5.10. The highest BCUT2D eigenvalue weighted by Crippen LogP contribution is 2.30. The first-order chi connectivity index (χ1) is 9.62. The summed E-state index contributed by atoms with van der Waals surface area (Å²) in [5.41, 5.74) is 1.80. The highest BCUT2D eigenvalue weighted by Gasteiger charge is 2.22. The number of benzene rings is 1. The third-order valence-electron chi connectivity index (χ3n) is 2.62. The summed E-state index contributed by atoms with van der Waals surface area (Å²) in [6, 6.07) is 5.53. The number of hydrogen-bond donors (Lipinski definition) is 0. The Balaban J connectivity index is 0.000000444. The van der Waals surface area contributed by atoms with Gasteiger partial charge in [-0.1, -0.05) is 28.9 Å². The highest BCUT2D eigenvalue weighted by molar-refractivity contribution is 7.93. The van der Waals surface area contributed by atoms with Gasteiger partial charge in [0.2, 0.25) is 0 Å². The van der Waals surface area contributed by atoms with Gasteiger partial charge in [-0.3, -0.25) is 0 Å². The number of oxime groups is 1. The summed E-state index contributed by atoms with van der Waals surface area (Å²) in [5, 5.41) is 4.75. The number of fused-ring (bicyclic) bond motifs is 1. The minimum absolute atomic E-state index is 0.109. The van der Waals surface area contributed by atoms with E-state index in [0.29, 0.717) is 5.02 Å². The summed E-state index contributed by atoms with van der Waals surface area (Å²) in [7, 11) is 0. The van der Waals surface area contributed by atoms with Crippen LogP contribution in [0.5, 0.6) is 5.75 Å². The molecule has 1 aliphatic rings. The van der Waals surface area contributed by atoms with Crippen LogP contribution in [0, 0.1) is 0 Å². The molecule has 0 bridgehead atoms. The fraction of sp³-hybridized carbons (Fsp3) is 0.400. The maximum atomic E-state index is 5.96. The second-order valence-corrected chi connectivity index (χ2v) is 5.14. The van der Waals surface area contributed by atoms with E-state index in [4.69, 9.17) is 20.6 Å². The van der Waals surface area contributed by atoms with E-state index < -0.39 is 0 Å². The quantitative estimate of drug-likeness (QED) is 0.433. The lowest BCUT2D eigenvalue weighted by Gasteiger charge is -2.24. The minimum atomic E-state index is 0.109. The highest BCUT2D eigenvalue weighted by atomic mass is 35.5. The Labute approximate surface area is 130 Å². The Morgan fingerprint density at radius 3 is 2.70 bits per heavy atom. The van der Waals surface area contributed by atoms with Crippen molar-refractivity contribution in [2.75, 3.05) is 6.26 Å². The Kier molecular flexibility index (Phi) is 7.55. The summed E-state index contributed by atoms with van der Waals surface area (Å²) >= 11 is 7.17. The van der Waals surface area contributed by atoms with Gasteiger partial charge < -0.3 is 9.02 Å². The molecule has 1 aromatic carbocycles. The molecule has 0 N–H and O–H groups in total. The van der Waals surface area contributed by atoms with Crippen LogP contribution in [0.15, 0.2) is 35.5 Å². The van der Waals surface area contributed by atoms with Crippen LogP contribution in [-0.2, 0) is 4.28 Å². The van der Waals surface area contributed by atoms with E-state index >= 15 is 0 Å². The van der Waals surface area contributed by atoms with E-state index in [9.17, 15) is 0 Å². The van der Waals surface area contributed by atoms with Crippen molar-refractivity contribution in [3.8, 4) is 5.75 Å². The Morgan fingerprint density at radius 2 is 2.10 bits per heavy atom. The van der Waals surface area contributed by atoms with Gasteiger partial charge >= 0.3 is 0 Å². The standard InChI is InChI=1S/C11H12ClNO2S.C4H8/c1-7-5-10(13-15-16-2)9-6-8(12)3-4-11(9)14-7;1-3-4-2/h3-4,6-7H,5H2,1-2H3;3-4H,1-2H3/b13-10+;4-3-. The first-order valence-corrected chi connectivity index (χ1v) is 7.95. The molecule has 0 saturated heterocycles. The molecule has 3 nitrogen and oxygen atoms in total. The van der Waals surface area contributed by atoms with Crippen LogP contribution in [-0.4, -0.2) is 18.1 Å². The van der Waals surface area contributed by atoms with E-state index in [1.54, 1.807) is 0 Å². The zero-order valence-corrected chi connectivity index (χ0v) is 13.8.